The van der Waals surface area contributed by atoms with Crippen molar-refractivity contribution in [1.82, 2.24) is 0 Å². The number of aliphatic hydroxyl groups excluding tert-OH is 1. The van der Waals surface area contributed by atoms with Gasteiger partial charge in [0, 0.05) is 12.5 Å². The molecule has 0 amide bonds. The highest BCUT2D eigenvalue weighted by atomic mass is 35.5. The number of aliphatic hydroxyl groups is 1. The highest BCUT2D eigenvalue weighted by Gasteiger charge is 2.06. The molecule has 0 bridgehead atoms. The van der Waals surface area contributed by atoms with Crippen molar-refractivity contribution in [3.63, 3.8) is 0 Å². The van der Waals surface area contributed by atoms with Gasteiger partial charge in [-0.3, -0.25) is 0 Å². The molecule has 1 aromatic carbocycles. The number of benzene rings is 1. The van der Waals surface area contributed by atoms with Gasteiger partial charge in [-0.25, -0.2) is 0 Å². The molecule has 2 nitrogen and oxygen atoms in total. The Morgan fingerprint density at radius 3 is 2.23 bits per heavy atom. The van der Waals surface area contributed by atoms with E-state index in [9.17, 15) is 0 Å². The SMILES string of the molecule is Cc1ccc([C@@H](CN)CO)cc1.Cl. The van der Waals surface area contributed by atoms with Crippen molar-refractivity contribution in [2.24, 2.45) is 5.73 Å². The number of aryl methyl sites for hydroxylation is 1. The van der Waals surface area contributed by atoms with Gasteiger partial charge in [0.2, 0.25) is 0 Å². The molecular formula is C10H16ClNO. The lowest BCUT2D eigenvalue weighted by molar-refractivity contribution is 0.268. The van der Waals surface area contributed by atoms with Crippen LogP contribution in [0.4, 0.5) is 0 Å². The monoisotopic (exact) mass is 201 g/mol. The van der Waals surface area contributed by atoms with Gasteiger partial charge in [0.05, 0.1) is 6.61 Å². The van der Waals surface area contributed by atoms with Crippen LogP contribution in [0.3, 0.4) is 0 Å². The Morgan fingerprint density at radius 2 is 1.85 bits per heavy atom. The Balaban J connectivity index is 0.00000144. The topological polar surface area (TPSA) is 46.2 Å². The van der Waals surface area contributed by atoms with Gasteiger partial charge < -0.3 is 10.8 Å². The van der Waals surface area contributed by atoms with Crippen molar-refractivity contribution in [3.8, 4) is 0 Å². The first-order chi connectivity index (χ1) is 5.77. The van der Waals surface area contributed by atoms with Gasteiger partial charge >= 0.3 is 0 Å². The second-order valence-electron chi connectivity index (χ2n) is 3.03. The van der Waals surface area contributed by atoms with Crippen LogP contribution in [-0.2, 0) is 0 Å². The standard InChI is InChI=1S/C10H15NO.ClH/c1-8-2-4-9(5-3-8)10(6-11)7-12;/h2-5,10,12H,6-7,11H2,1H3;1H/t10-;/m0./s1. The number of nitrogens with two attached hydrogens (primary N) is 1. The van der Waals surface area contributed by atoms with Crippen LogP contribution in [0.25, 0.3) is 0 Å². The van der Waals surface area contributed by atoms with E-state index < -0.39 is 0 Å². The number of hydrogen-bond donors (Lipinski definition) is 2. The lowest BCUT2D eigenvalue weighted by Crippen LogP contribution is -2.15. The van der Waals surface area contributed by atoms with Crippen LogP contribution in [0.1, 0.15) is 17.0 Å². The normalized spacial score (nSPS) is 11.9. The molecule has 0 fully saturated rings. The summed E-state index contributed by atoms with van der Waals surface area (Å²) in [4.78, 5) is 0. The minimum Gasteiger partial charge on any atom is -0.396 e. The maximum Gasteiger partial charge on any atom is 0.0511 e. The maximum absolute atomic E-state index is 8.97. The van der Waals surface area contributed by atoms with E-state index in [4.69, 9.17) is 10.8 Å². The highest BCUT2D eigenvalue weighted by Crippen LogP contribution is 2.13. The third-order valence-corrected chi connectivity index (χ3v) is 2.05. The fraction of sp³-hybridized carbons (Fsp3) is 0.400. The van der Waals surface area contributed by atoms with Crippen molar-refractivity contribution in [2.45, 2.75) is 12.8 Å². The summed E-state index contributed by atoms with van der Waals surface area (Å²) in [6, 6.07) is 8.10. The minimum absolute atomic E-state index is 0. The van der Waals surface area contributed by atoms with Crippen LogP contribution in [-0.4, -0.2) is 18.3 Å². The van der Waals surface area contributed by atoms with Crippen LogP contribution in [0, 0.1) is 6.92 Å². The van der Waals surface area contributed by atoms with Gasteiger partial charge in [-0.05, 0) is 12.5 Å². The molecule has 1 rings (SSSR count). The Hall–Kier alpha value is -0.570. The molecule has 0 radical (unpaired) electrons. The van der Waals surface area contributed by atoms with E-state index in [1.54, 1.807) is 0 Å². The summed E-state index contributed by atoms with van der Waals surface area (Å²) in [6.07, 6.45) is 0. The molecule has 3 N–H and O–H groups in total. The van der Waals surface area contributed by atoms with E-state index in [1.807, 2.05) is 31.2 Å². The Labute approximate surface area is 85.2 Å². The van der Waals surface area contributed by atoms with Crippen molar-refractivity contribution in [2.75, 3.05) is 13.2 Å². The van der Waals surface area contributed by atoms with Crippen molar-refractivity contribution < 1.29 is 5.11 Å². The summed E-state index contributed by atoms with van der Waals surface area (Å²) >= 11 is 0. The van der Waals surface area contributed by atoms with Gasteiger partial charge in [-0.15, -0.1) is 12.4 Å². The molecule has 1 atom stereocenters. The molecule has 0 aliphatic rings. The predicted octanol–water partition coefficient (Wildman–Crippen LogP) is 1.45. The van der Waals surface area contributed by atoms with E-state index in [2.05, 4.69) is 0 Å². The number of halogens is 1. The molecule has 0 aromatic heterocycles. The van der Waals surface area contributed by atoms with Gasteiger partial charge in [-0.1, -0.05) is 29.8 Å². The summed E-state index contributed by atoms with van der Waals surface area (Å²) in [5, 5.41) is 8.97. The van der Waals surface area contributed by atoms with Crippen LogP contribution in [0.15, 0.2) is 24.3 Å². The molecule has 0 heterocycles. The Morgan fingerprint density at radius 1 is 1.31 bits per heavy atom. The lowest BCUT2D eigenvalue weighted by Gasteiger charge is -2.11. The molecule has 13 heavy (non-hydrogen) atoms. The quantitative estimate of drug-likeness (QED) is 0.778. The average Bonchev–Trinajstić information content (AvgIpc) is 2.10. The average molecular weight is 202 g/mol. The summed E-state index contributed by atoms with van der Waals surface area (Å²) in [7, 11) is 0. The van der Waals surface area contributed by atoms with Crippen LogP contribution >= 0.6 is 12.4 Å². The summed E-state index contributed by atoms with van der Waals surface area (Å²) in [5.41, 5.74) is 7.84. The third kappa shape index (κ3) is 3.35. The molecule has 0 spiro atoms. The first kappa shape index (κ1) is 12.4. The van der Waals surface area contributed by atoms with Crippen LogP contribution in [0.5, 0.6) is 0 Å². The third-order valence-electron chi connectivity index (χ3n) is 2.05. The van der Waals surface area contributed by atoms with Gasteiger partial charge in [-0.2, -0.15) is 0 Å². The van der Waals surface area contributed by atoms with Gasteiger partial charge in [0.1, 0.15) is 0 Å². The zero-order valence-electron chi connectivity index (χ0n) is 7.73. The van der Waals surface area contributed by atoms with E-state index in [-0.39, 0.29) is 24.9 Å². The minimum atomic E-state index is 0. The molecule has 0 unspecified atom stereocenters. The van der Waals surface area contributed by atoms with E-state index in [0.29, 0.717) is 6.54 Å². The van der Waals surface area contributed by atoms with Crippen molar-refractivity contribution in [3.05, 3.63) is 35.4 Å². The van der Waals surface area contributed by atoms with Gasteiger partial charge in [0.15, 0.2) is 0 Å². The van der Waals surface area contributed by atoms with Crippen molar-refractivity contribution in [1.29, 1.82) is 0 Å². The molecule has 0 saturated heterocycles. The predicted molar refractivity (Wildman–Crippen MR) is 57.3 cm³/mol. The molecule has 3 heteroatoms. The zero-order valence-corrected chi connectivity index (χ0v) is 8.55. The molecule has 0 saturated carbocycles. The number of hydrogen-bond acceptors (Lipinski definition) is 2. The van der Waals surface area contributed by atoms with E-state index in [0.717, 1.165) is 5.56 Å². The summed E-state index contributed by atoms with van der Waals surface area (Å²) in [6.45, 7) is 2.67. The summed E-state index contributed by atoms with van der Waals surface area (Å²) in [5.74, 6) is 0.0885. The van der Waals surface area contributed by atoms with Crippen LogP contribution < -0.4 is 5.73 Å². The van der Waals surface area contributed by atoms with Gasteiger partial charge in [0.25, 0.3) is 0 Å². The smallest absolute Gasteiger partial charge is 0.0511 e. The first-order valence-electron chi connectivity index (χ1n) is 4.15. The second-order valence-corrected chi connectivity index (χ2v) is 3.03. The van der Waals surface area contributed by atoms with E-state index >= 15 is 0 Å². The fourth-order valence-corrected chi connectivity index (χ4v) is 1.15. The molecule has 1 aromatic rings. The molecule has 74 valence electrons. The zero-order chi connectivity index (χ0) is 8.97. The maximum atomic E-state index is 8.97. The largest absolute Gasteiger partial charge is 0.396 e. The molecule has 0 aliphatic carbocycles. The molecule has 0 aliphatic heterocycles. The Kier molecular flexibility index (Phi) is 5.71. The second kappa shape index (κ2) is 5.97. The highest BCUT2D eigenvalue weighted by molar-refractivity contribution is 5.85. The Bertz CT molecular complexity index is 231. The summed E-state index contributed by atoms with van der Waals surface area (Å²) < 4.78 is 0. The number of rotatable bonds is 3. The van der Waals surface area contributed by atoms with Crippen LogP contribution in [0.2, 0.25) is 0 Å². The lowest BCUT2D eigenvalue weighted by atomic mass is 9.99. The molecular weight excluding hydrogens is 186 g/mol. The van der Waals surface area contributed by atoms with Crippen molar-refractivity contribution >= 4 is 12.4 Å². The first-order valence-corrected chi connectivity index (χ1v) is 4.15. The van der Waals surface area contributed by atoms with E-state index in [1.165, 1.54) is 5.56 Å². The fourth-order valence-electron chi connectivity index (χ4n) is 1.15.